The van der Waals surface area contributed by atoms with Crippen LogP contribution in [0.4, 0.5) is 4.79 Å². The zero-order chi connectivity index (χ0) is 12.1. The van der Waals surface area contributed by atoms with E-state index >= 15 is 0 Å². The molecule has 0 aliphatic carbocycles. The highest BCUT2D eigenvalue weighted by Gasteiger charge is 2.21. The summed E-state index contributed by atoms with van der Waals surface area (Å²) in [5, 5.41) is 4.15. The van der Waals surface area contributed by atoms with Crippen LogP contribution in [0.3, 0.4) is 0 Å². The smallest absolute Gasteiger partial charge is 0.321 e. The van der Waals surface area contributed by atoms with Crippen LogP contribution < -0.4 is 10.6 Å². The van der Waals surface area contributed by atoms with Crippen molar-refractivity contribution in [1.29, 1.82) is 0 Å². The number of nitrogens with one attached hydrogen (secondary N) is 2. The fourth-order valence-corrected chi connectivity index (χ4v) is 1.76. The minimum Gasteiger partial charge on any atom is -0.336 e. The van der Waals surface area contributed by atoms with E-state index in [1.807, 2.05) is 7.05 Å². The Morgan fingerprint density at radius 2 is 2.25 bits per heavy atom. The van der Waals surface area contributed by atoms with E-state index in [1.54, 1.807) is 0 Å². The summed E-state index contributed by atoms with van der Waals surface area (Å²) < 4.78 is 0. The first kappa shape index (κ1) is 13.3. The van der Waals surface area contributed by atoms with Crippen LogP contribution in [0.5, 0.6) is 0 Å². The number of alkyl halides is 1. The van der Waals surface area contributed by atoms with Gasteiger partial charge in [-0.15, -0.1) is 11.6 Å². The molecular weight excluding hydrogens is 230 g/mol. The predicted octanol–water partition coefficient (Wildman–Crippen LogP) is 0.534. The molecule has 1 aliphatic rings. The average Bonchev–Trinajstić information content (AvgIpc) is 2.61. The molecule has 0 saturated carbocycles. The van der Waals surface area contributed by atoms with Gasteiger partial charge in [0.1, 0.15) is 5.38 Å². The van der Waals surface area contributed by atoms with E-state index in [2.05, 4.69) is 15.5 Å². The van der Waals surface area contributed by atoms with Crippen molar-refractivity contribution >= 4 is 23.5 Å². The van der Waals surface area contributed by atoms with Crippen LogP contribution in [0.1, 0.15) is 19.8 Å². The van der Waals surface area contributed by atoms with Crippen LogP contribution in [0, 0.1) is 0 Å². The van der Waals surface area contributed by atoms with Gasteiger partial charge in [0.2, 0.25) is 5.91 Å². The van der Waals surface area contributed by atoms with Crippen LogP contribution in [-0.2, 0) is 4.79 Å². The SMILES string of the molecule is CC(Cl)C(=O)NC(=O)NCC1CCCN1C. The summed E-state index contributed by atoms with van der Waals surface area (Å²) in [7, 11) is 2.03. The Hall–Kier alpha value is -0.810. The second-order valence-electron chi connectivity index (χ2n) is 4.09. The molecule has 1 rings (SSSR count). The third kappa shape index (κ3) is 3.98. The molecule has 6 heteroatoms. The Morgan fingerprint density at radius 3 is 2.75 bits per heavy atom. The summed E-state index contributed by atoms with van der Waals surface area (Å²) in [5.41, 5.74) is 0. The average molecular weight is 248 g/mol. The van der Waals surface area contributed by atoms with E-state index in [9.17, 15) is 9.59 Å². The number of hydrogen-bond acceptors (Lipinski definition) is 3. The molecule has 0 bridgehead atoms. The topological polar surface area (TPSA) is 61.4 Å². The van der Waals surface area contributed by atoms with E-state index in [0.29, 0.717) is 12.6 Å². The summed E-state index contributed by atoms with van der Waals surface area (Å²) in [6, 6.07) is -0.105. The zero-order valence-corrected chi connectivity index (χ0v) is 10.4. The number of carbonyl (C=O) groups is 2. The minimum atomic E-state index is -0.695. The van der Waals surface area contributed by atoms with Crippen LogP contribution in [0.25, 0.3) is 0 Å². The van der Waals surface area contributed by atoms with E-state index in [-0.39, 0.29) is 0 Å². The lowest BCUT2D eigenvalue weighted by Crippen LogP contribution is -2.46. The zero-order valence-electron chi connectivity index (χ0n) is 9.62. The van der Waals surface area contributed by atoms with Gasteiger partial charge in [0, 0.05) is 12.6 Å². The maximum absolute atomic E-state index is 11.3. The summed E-state index contributed by atoms with van der Waals surface area (Å²) >= 11 is 5.52. The van der Waals surface area contributed by atoms with E-state index in [1.165, 1.54) is 6.92 Å². The number of halogens is 1. The Balaban J connectivity index is 2.22. The predicted molar refractivity (Wildman–Crippen MR) is 62.5 cm³/mol. The molecular formula is C10H18ClN3O2. The molecule has 1 aliphatic heterocycles. The quantitative estimate of drug-likeness (QED) is 0.716. The highest BCUT2D eigenvalue weighted by atomic mass is 35.5. The third-order valence-corrected chi connectivity index (χ3v) is 2.97. The fraction of sp³-hybridized carbons (Fsp3) is 0.800. The van der Waals surface area contributed by atoms with E-state index < -0.39 is 17.3 Å². The van der Waals surface area contributed by atoms with Crippen molar-refractivity contribution in [2.45, 2.75) is 31.2 Å². The summed E-state index contributed by atoms with van der Waals surface area (Å²) in [4.78, 5) is 24.6. The molecule has 3 amide bonds. The molecule has 92 valence electrons. The number of amides is 3. The number of imide groups is 1. The van der Waals surface area contributed by atoms with Crippen LogP contribution in [-0.4, -0.2) is 48.4 Å². The largest absolute Gasteiger partial charge is 0.336 e. The number of likely N-dealkylation sites (tertiary alicyclic amines) is 1. The second kappa shape index (κ2) is 6.06. The molecule has 0 radical (unpaired) electrons. The van der Waals surface area contributed by atoms with Crippen molar-refractivity contribution in [3.05, 3.63) is 0 Å². The molecule has 0 aromatic carbocycles. The van der Waals surface area contributed by atoms with Crippen molar-refractivity contribution in [3.8, 4) is 0 Å². The highest BCUT2D eigenvalue weighted by molar-refractivity contribution is 6.31. The van der Waals surface area contributed by atoms with Gasteiger partial charge in [0.05, 0.1) is 0 Å². The van der Waals surface area contributed by atoms with Gasteiger partial charge in [-0.1, -0.05) is 0 Å². The standard InChI is InChI=1S/C10H18ClN3O2/c1-7(11)9(15)13-10(16)12-6-8-4-3-5-14(8)2/h7-8H,3-6H2,1-2H3,(H2,12,13,15,16). The maximum Gasteiger partial charge on any atom is 0.321 e. The Bertz CT molecular complexity index is 271. The van der Waals surface area contributed by atoms with E-state index in [4.69, 9.17) is 11.6 Å². The minimum absolute atomic E-state index is 0.370. The first-order chi connectivity index (χ1) is 7.50. The molecule has 1 fully saturated rings. The fourth-order valence-electron chi connectivity index (χ4n) is 1.70. The highest BCUT2D eigenvalue weighted by Crippen LogP contribution is 2.13. The molecule has 2 unspecified atom stereocenters. The van der Waals surface area contributed by atoms with Crippen molar-refractivity contribution in [2.75, 3.05) is 20.1 Å². The molecule has 0 spiro atoms. The molecule has 2 N–H and O–H groups in total. The Labute approximate surface area is 101 Å². The van der Waals surface area contributed by atoms with Crippen molar-refractivity contribution < 1.29 is 9.59 Å². The van der Waals surface area contributed by atoms with Gasteiger partial charge in [0.15, 0.2) is 0 Å². The molecule has 2 atom stereocenters. The number of carbonyl (C=O) groups excluding carboxylic acids is 2. The summed E-state index contributed by atoms with van der Waals surface area (Å²) in [6.07, 6.45) is 2.23. The molecule has 0 aromatic rings. The first-order valence-corrected chi connectivity index (χ1v) is 5.87. The number of rotatable bonds is 3. The lowest BCUT2D eigenvalue weighted by molar-refractivity contribution is -0.119. The van der Waals surface area contributed by atoms with E-state index in [0.717, 1.165) is 19.4 Å². The Morgan fingerprint density at radius 1 is 1.56 bits per heavy atom. The van der Waals surface area contributed by atoms with Gasteiger partial charge in [0.25, 0.3) is 0 Å². The number of hydrogen-bond donors (Lipinski definition) is 2. The summed E-state index contributed by atoms with van der Waals surface area (Å²) in [5.74, 6) is -0.473. The maximum atomic E-state index is 11.3. The van der Waals surface area contributed by atoms with Crippen molar-refractivity contribution in [3.63, 3.8) is 0 Å². The molecule has 0 aromatic heterocycles. The third-order valence-electron chi connectivity index (χ3n) is 2.77. The molecule has 16 heavy (non-hydrogen) atoms. The van der Waals surface area contributed by atoms with Crippen LogP contribution in [0.15, 0.2) is 0 Å². The number of nitrogens with zero attached hydrogens (tertiary/aromatic N) is 1. The normalized spacial score (nSPS) is 22.8. The van der Waals surface area contributed by atoms with Gasteiger partial charge in [-0.05, 0) is 33.4 Å². The van der Waals surface area contributed by atoms with Gasteiger partial charge in [-0.25, -0.2) is 4.79 Å². The second-order valence-corrected chi connectivity index (χ2v) is 4.75. The van der Waals surface area contributed by atoms with Gasteiger partial charge < -0.3 is 10.2 Å². The molecule has 5 nitrogen and oxygen atoms in total. The number of likely N-dealkylation sites (N-methyl/N-ethyl adjacent to an activating group) is 1. The van der Waals surface area contributed by atoms with Crippen molar-refractivity contribution in [2.24, 2.45) is 0 Å². The van der Waals surface area contributed by atoms with Crippen molar-refractivity contribution in [1.82, 2.24) is 15.5 Å². The first-order valence-electron chi connectivity index (χ1n) is 5.43. The molecule has 1 heterocycles. The number of urea groups is 1. The van der Waals surface area contributed by atoms with Gasteiger partial charge in [-0.3, -0.25) is 10.1 Å². The van der Waals surface area contributed by atoms with Crippen LogP contribution >= 0.6 is 11.6 Å². The monoisotopic (exact) mass is 247 g/mol. The lowest BCUT2D eigenvalue weighted by Gasteiger charge is -2.19. The van der Waals surface area contributed by atoms with Crippen LogP contribution in [0.2, 0.25) is 0 Å². The lowest BCUT2D eigenvalue weighted by atomic mass is 10.2. The van der Waals surface area contributed by atoms with Gasteiger partial charge in [-0.2, -0.15) is 0 Å². The van der Waals surface area contributed by atoms with Gasteiger partial charge >= 0.3 is 6.03 Å². The molecule has 1 saturated heterocycles. The Kier molecular flexibility index (Phi) is 5.02. The summed E-state index contributed by atoms with van der Waals surface area (Å²) in [6.45, 7) is 3.15.